The Morgan fingerprint density at radius 1 is 1.00 bits per heavy atom. The highest BCUT2D eigenvalue weighted by Crippen LogP contribution is 2.32. The number of alkyl halides is 3. The van der Waals surface area contributed by atoms with E-state index in [1.165, 1.54) is 16.7 Å². The van der Waals surface area contributed by atoms with E-state index in [1.807, 2.05) is 0 Å². The monoisotopic (exact) mass is 236 g/mol. The minimum atomic E-state index is -4.36. The van der Waals surface area contributed by atoms with Gasteiger partial charge in [-0.05, 0) is 24.3 Å². The number of fused-ring (bicyclic) bond motifs is 3. The van der Waals surface area contributed by atoms with Gasteiger partial charge in [0, 0.05) is 0 Å². The number of rotatable bonds is 0. The van der Waals surface area contributed by atoms with Gasteiger partial charge in [0.05, 0.1) is 22.7 Å². The van der Waals surface area contributed by atoms with E-state index in [1.54, 1.807) is 24.3 Å². The molecule has 2 nitrogen and oxygen atoms in total. The Morgan fingerprint density at radius 3 is 2.53 bits per heavy atom. The van der Waals surface area contributed by atoms with Gasteiger partial charge in [0.2, 0.25) is 0 Å². The molecule has 0 N–H and O–H groups in total. The third kappa shape index (κ3) is 1.46. The lowest BCUT2D eigenvalue weighted by atomic mass is 10.3. The van der Waals surface area contributed by atoms with Crippen LogP contribution in [0.3, 0.4) is 0 Å². The number of hydrogen-bond donors (Lipinski definition) is 0. The average Bonchev–Trinajstić information content (AvgIpc) is 2.72. The maximum Gasteiger partial charge on any atom is 0.431 e. The molecule has 17 heavy (non-hydrogen) atoms. The summed E-state index contributed by atoms with van der Waals surface area (Å²) >= 11 is 0. The first-order valence-corrected chi connectivity index (χ1v) is 5.00. The third-order valence-electron chi connectivity index (χ3n) is 2.66. The summed E-state index contributed by atoms with van der Waals surface area (Å²) in [6, 6.07) is 9.26. The van der Waals surface area contributed by atoms with Crippen LogP contribution >= 0.6 is 0 Å². The van der Waals surface area contributed by atoms with E-state index in [-0.39, 0.29) is 0 Å². The van der Waals surface area contributed by atoms with Crippen LogP contribution in [0.1, 0.15) is 5.69 Å². The maximum atomic E-state index is 12.8. The second kappa shape index (κ2) is 3.23. The fourth-order valence-corrected chi connectivity index (χ4v) is 1.94. The molecule has 5 heteroatoms. The second-order valence-electron chi connectivity index (χ2n) is 3.72. The van der Waals surface area contributed by atoms with Crippen LogP contribution in [0.5, 0.6) is 0 Å². The third-order valence-corrected chi connectivity index (χ3v) is 2.66. The van der Waals surface area contributed by atoms with Crippen molar-refractivity contribution < 1.29 is 13.2 Å². The van der Waals surface area contributed by atoms with Crippen LogP contribution < -0.4 is 0 Å². The Balaban J connectivity index is 2.51. The first kappa shape index (κ1) is 10.1. The molecule has 1 aromatic carbocycles. The van der Waals surface area contributed by atoms with Gasteiger partial charge in [-0.15, -0.1) is 0 Å². The van der Waals surface area contributed by atoms with E-state index in [0.29, 0.717) is 16.6 Å². The Kier molecular flexibility index (Phi) is 1.92. The highest BCUT2D eigenvalue weighted by molar-refractivity contribution is 5.78. The molecule has 0 spiro atoms. The van der Waals surface area contributed by atoms with E-state index < -0.39 is 11.9 Å². The Morgan fingerprint density at radius 2 is 1.76 bits per heavy atom. The van der Waals surface area contributed by atoms with Crippen molar-refractivity contribution in [3.05, 3.63) is 48.3 Å². The van der Waals surface area contributed by atoms with E-state index in [9.17, 15) is 13.2 Å². The second-order valence-corrected chi connectivity index (χ2v) is 3.72. The molecule has 0 aliphatic carbocycles. The summed E-state index contributed by atoms with van der Waals surface area (Å²) in [5.74, 6) is 0. The molecule has 0 saturated heterocycles. The summed E-state index contributed by atoms with van der Waals surface area (Å²) in [7, 11) is 0. The molecular formula is C12H7F3N2. The Labute approximate surface area is 94.3 Å². The maximum absolute atomic E-state index is 12.8. The zero-order valence-corrected chi connectivity index (χ0v) is 8.57. The normalized spacial score (nSPS) is 12.4. The van der Waals surface area contributed by atoms with Gasteiger partial charge in [0.25, 0.3) is 0 Å². The molecule has 2 aromatic heterocycles. The van der Waals surface area contributed by atoms with Crippen LogP contribution in [-0.2, 0) is 6.18 Å². The average molecular weight is 236 g/mol. The molecule has 0 radical (unpaired) electrons. The van der Waals surface area contributed by atoms with Gasteiger partial charge in [-0.2, -0.15) is 13.2 Å². The van der Waals surface area contributed by atoms with Crippen LogP contribution in [0.25, 0.3) is 16.6 Å². The van der Waals surface area contributed by atoms with Gasteiger partial charge < -0.3 is 4.40 Å². The summed E-state index contributed by atoms with van der Waals surface area (Å²) in [4.78, 5) is 4.12. The van der Waals surface area contributed by atoms with Crippen molar-refractivity contribution in [1.29, 1.82) is 0 Å². The fraction of sp³-hybridized carbons (Fsp3) is 0.0833. The molecule has 0 fully saturated rings. The zero-order valence-electron chi connectivity index (χ0n) is 8.57. The molecule has 0 amide bonds. The van der Waals surface area contributed by atoms with Gasteiger partial charge in [-0.3, -0.25) is 4.98 Å². The summed E-state index contributed by atoms with van der Waals surface area (Å²) in [5, 5.41) is 0. The molecule has 0 saturated carbocycles. The first-order valence-electron chi connectivity index (χ1n) is 5.00. The topological polar surface area (TPSA) is 17.3 Å². The molecular weight excluding hydrogens is 229 g/mol. The lowest BCUT2D eigenvalue weighted by Gasteiger charge is -2.09. The zero-order chi connectivity index (χ0) is 12.0. The van der Waals surface area contributed by atoms with Gasteiger partial charge in [-0.1, -0.05) is 12.1 Å². The molecule has 0 unspecified atom stereocenters. The quantitative estimate of drug-likeness (QED) is 0.583. The Hall–Kier alpha value is -2.04. The smallest absolute Gasteiger partial charge is 0.302 e. The van der Waals surface area contributed by atoms with Crippen molar-refractivity contribution in [3.8, 4) is 0 Å². The van der Waals surface area contributed by atoms with Crippen molar-refractivity contribution in [2.75, 3.05) is 0 Å². The molecule has 0 aliphatic rings. The van der Waals surface area contributed by atoms with Gasteiger partial charge in [0.15, 0.2) is 0 Å². The Bertz CT molecular complexity index is 698. The predicted molar refractivity (Wildman–Crippen MR) is 57.7 cm³/mol. The first-order chi connectivity index (χ1) is 8.07. The lowest BCUT2D eigenvalue weighted by molar-refractivity contribution is -0.141. The molecule has 0 bridgehead atoms. The molecule has 0 atom stereocenters. The van der Waals surface area contributed by atoms with E-state index in [0.717, 1.165) is 6.07 Å². The standard InChI is InChI=1S/C12H7F3N2/c13-12(14,15)11-6-5-8-7-16-9-3-1-2-4-10(9)17(8)11/h1-7H. The number of aromatic nitrogens is 2. The minimum absolute atomic E-state index is 0.441. The predicted octanol–water partition coefficient (Wildman–Crippen LogP) is 3.51. The summed E-state index contributed by atoms with van der Waals surface area (Å²) < 4.78 is 39.7. The molecule has 0 aliphatic heterocycles. The largest absolute Gasteiger partial charge is 0.431 e. The molecule has 2 heterocycles. The lowest BCUT2D eigenvalue weighted by Crippen LogP contribution is -2.09. The summed E-state index contributed by atoms with van der Waals surface area (Å²) in [6.45, 7) is 0. The van der Waals surface area contributed by atoms with E-state index in [2.05, 4.69) is 4.98 Å². The number of halogens is 3. The van der Waals surface area contributed by atoms with Gasteiger partial charge >= 0.3 is 6.18 Å². The van der Waals surface area contributed by atoms with Crippen LogP contribution in [0, 0.1) is 0 Å². The van der Waals surface area contributed by atoms with Crippen LogP contribution in [0.2, 0.25) is 0 Å². The number of benzene rings is 1. The summed E-state index contributed by atoms with van der Waals surface area (Å²) in [6.07, 6.45) is -2.92. The minimum Gasteiger partial charge on any atom is -0.302 e. The van der Waals surface area contributed by atoms with Crippen molar-refractivity contribution >= 4 is 16.6 Å². The number of hydrogen-bond acceptors (Lipinski definition) is 1. The number of para-hydroxylation sites is 2. The van der Waals surface area contributed by atoms with Crippen LogP contribution in [0.4, 0.5) is 13.2 Å². The molecule has 3 rings (SSSR count). The SMILES string of the molecule is FC(F)(F)c1ccc2cnc3ccccc3n12. The fourth-order valence-electron chi connectivity index (χ4n) is 1.94. The van der Waals surface area contributed by atoms with E-state index >= 15 is 0 Å². The van der Waals surface area contributed by atoms with Gasteiger partial charge in [0.1, 0.15) is 5.69 Å². The number of nitrogens with zero attached hydrogens (tertiary/aromatic N) is 2. The van der Waals surface area contributed by atoms with E-state index in [4.69, 9.17) is 0 Å². The van der Waals surface area contributed by atoms with Gasteiger partial charge in [-0.25, -0.2) is 0 Å². The van der Waals surface area contributed by atoms with Crippen LogP contribution in [0.15, 0.2) is 42.6 Å². The van der Waals surface area contributed by atoms with Crippen molar-refractivity contribution in [2.24, 2.45) is 0 Å². The van der Waals surface area contributed by atoms with Crippen LogP contribution in [-0.4, -0.2) is 9.38 Å². The highest BCUT2D eigenvalue weighted by atomic mass is 19.4. The van der Waals surface area contributed by atoms with Crippen molar-refractivity contribution in [2.45, 2.75) is 6.18 Å². The highest BCUT2D eigenvalue weighted by Gasteiger charge is 2.34. The summed E-state index contributed by atoms with van der Waals surface area (Å²) in [5.41, 5.74) is 0.770. The molecule has 86 valence electrons. The molecule has 3 aromatic rings. The van der Waals surface area contributed by atoms with Crippen molar-refractivity contribution in [3.63, 3.8) is 0 Å². The van der Waals surface area contributed by atoms with Crippen molar-refractivity contribution in [1.82, 2.24) is 9.38 Å².